The van der Waals surface area contributed by atoms with Crippen LogP contribution in [0.15, 0.2) is 54.6 Å². The molecule has 0 fully saturated rings. The van der Waals surface area contributed by atoms with Crippen LogP contribution in [0.2, 0.25) is 0 Å². The number of hydrogen-bond donors (Lipinski definition) is 2. The van der Waals surface area contributed by atoms with Crippen molar-refractivity contribution in [2.24, 2.45) is 0 Å². The molecule has 0 bridgehead atoms. The molecule has 0 saturated heterocycles. The van der Waals surface area contributed by atoms with E-state index in [1.54, 1.807) is 40.0 Å². The van der Waals surface area contributed by atoms with Crippen molar-refractivity contribution < 1.29 is 14.5 Å². The second kappa shape index (κ2) is 10.1. The topological polar surface area (TPSA) is 162 Å². The van der Waals surface area contributed by atoms with Gasteiger partial charge in [-0.1, -0.05) is 47.7 Å². The molecule has 0 aliphatic carbocycles. The number of nitrogens with zero attached hydrogens (tertiary/aromatic N) is 6. The van der Waals surface area contributed by atoms with Gasteiger partial charge >= 0.3 is 6.09 Å². The molecule has 0 spiro atoms. The number of thiazole rings is 1. The zero-order valence-electron chi connectivity index (χ0n) is 20.5. The first-order valence-electron chi connectivity index (χ1n) is 11.1. The molecule has 190 valence electrons. The number of nitrogen functional groups attached to an aromatic ring is 1. The number of aromatic nitrogens is 4. The van der Waals surface area contributed by atoms with Gasteiger partial charge in [0.15, 0.2) is 11.0 Å². The van der Waals surface area contributed by atoms with Crippen molar-refractivity contribution in [1.29, 1.82) is 0 Å². The van der Waals surface area contributed by atoms with Gasteiger partial charge in [-0.2, -0.15) is 15.0 Å². The van der Waals surface area contributed by atoms with E-state index in [2.05, 4.69) is 25.3 Å². The molecule has 4 rings (SSSR count). The Balaban J connectivity index is 1.76. The first kappa shape index (κ1) is 25.4. The molecule has 2 heterocycles. The minimum absolute atomic E-state index is 0.0626. The summed E-state index contributed by atoms with van der Waals surface area (Å²) in [5.74, 6) is 0.255. The Hall–Kier alpha value is -4.65. The molecular weight excluding hydrogens is 496 g/mol. The fourth-order valence-corrected chi connectivity index (χ4v) is 4.15. The van der Waals surface area contributed by atoms with E-state index in [1.807, 2.05) is 30.3 Å². The lowest BCUT2D eigenvalue weighted by atomic mass is 10.1. The van der Waals surface area contributed by atoms with Crippen LogP contribution < -0.4 is 16.0 Å². The van der Waals surface area contributed by atoms with Crippen molar-refractivity contribution in [3.8, 4) is 22.0 Å². The van der Waals surface area contributed by atoms with Crippen LogP contribution in [0.1, 0.15) is 20.8 Å². The number of non-ortho nitro benzene ring substituents is 1. The summed E-state index contributed by atoms with van der Waals surface area (Å²) in [5, 5.41) is 14.4. The summed E-state index contributed by atoms with van der Waals surface area (Å²) in [7, 11) is 1.57. The van der Waals surface area contributed by atoms with E-state index in [1.165, 1.54) is 28.4 Å². The molecule has 0 aliphatic rings. The average molecular weight is 521 g/mol. The maximum absolute atomic E-state index is 12.7. The number of amides is 1. The number of carbonyl (C=O) groups is 1. The zero-order valence-corrected chi connectivity index (χ0v) is 21.3. The van der Waals surface area contributed by atoms with Crippen LogP contribution in [-0.2, 0) is 4.74 Å². The van der Waals surface area contributed by atoms with E-state index < -0.39 is 16.6 Å². The van der Waals surface area contributed by atoms with Gasteiger partial charge in [-0.15, -0.1) is 0 Å². The van der Waals surface area contributed by atoms with Gasteiger partial charge in [0.25, 0.3) is 5.69 Å². The van der Waals surface area contributed by atoms with E-state index in [4.69, 9.17) is 10.5 Å². The number of benzene rings is 2. The first-order chi connectivity index (χ1) is 17.5. The Kier molecular flexibility index (Phi) is 6.98. The van der Waals surface area contributed by atoms with Crippen molar-refractivity contribution in [2.45, 2.75) is 26.4 Å². The SMILES string of the molecule is CN(C(=O)OC(C)(C)C)c1nc(-c2ccccc2)c(-c2nc(N)nc(Nc3cccc([N+](=O)[O-])c3)n2)s1. The number of ether oxygens (including phenoxy) is 1. The lowest BCUT2D eigenvalue weighted by Crippen LogP contribution is -2.34. The molecule has 2 aromatic carbocycles. The second-order valence-electron chi connectivity index (χ2n) is 8.85. The van der Waals surface area contributed by atoms with Crippen LogP contribution in [0.5, 0.6) is 0 Å². The van der Waals surface area contributed by atoms with E-state index in [-0.39, 0.29) is 23.4 Å². The molecule has 0 unspecified atom stereocenters. The molecule has 2 aromatic heterocycles. The van der Waals surface area contributed by atoms with Gasteiger partial charge in [-0.05, 0) is 26.8 Å². The maximum atomic E-state index is 12.7. The fraction of sp³-hybridized carbons (Fsp3) is 0.208. The summed E-state index contributed by atoms with van der Waals surface area (Å²) < 4.78 is 5.48. The smallest absolute Gasteiger partial charge is 0.416 e. The van der Waals surface area contributed by atoms with E-state index in [0.717, 1.165) is 5.56 Å². The third kappa shape index (κ3) is 6.13. The lowest BCUT2D eigenvalue weighted by molar-refractivity contribution is -0.384. The number of anilines is 4. The van der Waals surface area contributed by atoms with Crippen LogP contribution in [-0.4, -0.2) is 43.6 Å². The van der Waals surface area contributed by atoms with Gasteiger partial charge in [0.1, 0.15) is 10.5 Å². The number of nitro groups is 1. The Bertz CT molecular complexity index is 1450. The number of nitrogens with two attached hydrogens (primary N) is 1. The molecular formula is C24H24N8O4S. The number of rotatable bonds is 6. The monoisotopic (exact) mass is 520 g/mol. The minimum Gasteiger partial charge on any atom is -0.443 e. The van der Waals surface area contributed by atoms with E-state index in [0.29, 0.717) is 21.4 Å². The highest BCUT2D eigenvalue weighted by molar-refractivity contribution is 7.19. The van der Waals surface area contributed by atoms with Crippen molar-refractivity contribution >= 4 is 45.8 Å². The highest BCUT2D eigenvalue weighted by Gasteiger charge is 2.26. The molecule has 4 aromatic rings. The van der Waals surface area contributed by atoms with Crippen LogP contribution >= 0.6 is 11.3 Å². The second-order valence-corrected chi connectivity index (χ2v) is 9.83. The lowest BCUT2D eigenvalue weighted by Gasteiger charge is -2.23. The van der Waals surface area contributed by atoms with Crippen LogP contribution in [0, 0.1) is 10.1 Å². The summed E-state index contributed by atoms with van der Waals surface area (Å²) in [6.07, 6.45) is -0.560. The van der Waals surface area contributed by atoms with Crippen LogP contribution in [0.3, 0.4) is 0 Å². The summed E-state index contributed by atoms with van der Waals surface area (Å²) in [6.45, 7) is 5.35. The van der Waals surface area contributed by atoms with Gasteiger partial charge in [-0.3, -0.25) is 15.0 Å². The van der Waals surface area contributed by atoms with Crippen molar-refractivity contribution in [3.05, 3.63) is 64.7 Å². The Morgan fingerprint density at radius 2 is 1.81 bits per heavy atom. The van der Waals surface area contributed by atoms with Crippen LogP contribution in [0.25, 0.3) is 22.0 Å². The molecule has 12 nitrogen and oxygen atoms in total. The van der Waals surface area contributed by atoms with Crippen LogP contribution in [0.4, 0.5) is 33.2 Å². The maximum Gasteiger partial charge on any atom is 0.416 e. The molecule has 0 radical (unpaired) electrons. The number of nitro benzene ring substituents is 1. The molecule has 1 amide bonds. The fourth-order valence-electron chi connectivity index (χ4n) is 3.18. The summed E-state index contributed by atoms with van der Waals surface area (Å²) in [4.78, 5) is 42.8. The predicted molar refractivity (Wildman–Crippen MR) is 142 cm³/mol. The number of hydrogen-bond acceptors (Lipinski definition) is 11. The Labute approximate surface area is 216 Å². The van der Waals surface area contributed by atoms with Crippen molar-refractivity contribution in [2.75, 3.05) is 23.0 Å². The highest BCUT2D eigenvalue weighted by Crippen LogP contribution is 2.39. The summed E-state index contributed by atoms with van der Waals surface area (Å²) in [6, 6.07) is 15.3. The molecule has 0 aliphatic heterocycles. The quantitative estimate of drug-likeness (QED) is 0.253. The molecule has 0 atom stereocenters. The standard InChI is InChI=1S/C24H24N8O4S/c1-24(2,3)36-23(33)31(4)22-27-17(14-9-6-5-7-10-14)18(37-22)19-28-20(25)30-21(29-19)26-15-11-8-12-16(13-15)32(34)35/h5-13H,1-4H3,(H3,25,26,28,29,30). The normalized spacial score (nSPS) is 11.1. The first-order valence-corrected chi connectivity index (χ1v) is 11.9. The molecule has 13 heteroatoms. The highest BCUT2D eigenvalue weighted by atomic mass is 32.1. The number of carbonyl (C=O) groups excluding carboxylic acids is 1. The third-order valence-electron chi connectivity index (χ3n) is 4.79. The van der Waals surface area contributed by atoms with Gasteiger partial charge < -0.3 is 15.8 Å². The van der Waals surface area contributed by atoms with E-state index in [9.17, 15) is 14.9 Å². The Morgan fingerprint density at radius 1 is 1.08 bits per heavy atom. The summed E-state index contributed by atoms with van der Waals surface area (Å²) >= 11 is 1.19. The molecule has 0 saturated carbocycles. The zero-order chi connectivity index (χ0) is 26.7. The third-order valence-corrected chi connectivity index (χ3v) is 5.91. The van der Waals surface area contributed by atoms with Crippen molar-refractivity contribution in [1.82, 2.24) is 19.9 Å². The van der Waals surface area contributed by atoms with E-state index >= 15 is 0 Å². The van der Waals surface area contributed by atoms with Gasteiger partial charge in [0, 0.05) is 30.4 Å². The average Bonchev–Trinajstić information content (AvgIpc) is 3.28. The largest absolute Gasteiger partial charge is 0.443 e. The molecule has 37 heavy (non-hydrogen) atoms. The predicted octanol–water partition coefficient (Wildman–Crippen LogP) is 5.27. The Morgan fingerprint density at radius 3 is 2.49 bits per heavy atom. The van der Waals surface area contributed by atoms with Gasteiger partial charge in [0.05, 0.1) is 10.6 Å². The van der Waals surface area contributed by atoms with Gasteiger partial charge in [-0.25, -0.2) is 9.78 Å². The van der Waals surface area contributed by atoms with Gasteiger partial charge in [0.2, 0.25) is 11.9 Å². The summed E-state index contributed by atoms with van der Waals surface area (Å²) in [5.41, 5.74) is 6.96. The molecule has 3 N–H and O–H groups in total. The van der Waals surface area contributed by atoms with Crippen molar-refractivity contribution in [3.63, 3.8) is 0 Å². The number of nitrogens with one attached hydrogen (secondary N) is 1. The minimum atomic E-state index is -0.677.